The van der Waals surface area contributed by atoms with Crippen LogP contribution in [0.4, 0.5) is 5.95 Å². The van der Waals surface area contributed by atoms with Crippen LogP contribution in [0.5, 0.6) is 5.75 Å². The minimum absolute atomic E-state index is 0.123. The number of hydrogen-bond donors (Lipinski definition) is 2. The van der Waals surface area contributed by atoms with E-state index in [0.717, 1.165) is 24.6 Å². The maximum absolute atomic E-state index is 9.41. The second-order valence-electron chi connectivity index (χ2n) is 3.55. The maximum Gasteiger partial charge on any atom is 0.224 e. The first-order chi connectivity index (χ1) is 8.26. The van der Waals surface area contributed by atoms with E-state index in [0.29, 0.717) is 5.82 Å². The molecule has 2 N–H and O–H groups in total. The molecule has 2 rings (SSSR count). The summed E-state index contributed by atoms with van der Waals surface area (Å²) >= 11 is 0. The van der Waals surface area contributed by atoms with Gasteiger partial charge in [0.25, 0.3) is 0 Å². The summed E-state index contributed by atoms with van der Waals surface area (Å²) < 4.78 is 1.94. The average molecular weight is 233 g/mol. The highest BCUT2D eigenvalue weighted by Crippen LogP contribution is 2.22. The van der Waals surface area contributed by atoms with E-state index < -0.39 is 0 Å². The molecule has 2 heterocycles. The molecule has 17 heavy (non-hydrogen) atoms. The number of rotatable bonds is 4. The van der Waals surface area contributed by atoms with Crippen molar-refractivity contribution in [2.45, 2.75) is 20.4 Å². The smallest absolute Gasteiger partial charge is 0.224 e. The van der Waals surface area contributed by atoms with Gasteiger partial charge in [0.05, 0.1) is 6.20 Å². The Bertz CT molecular complexity index is 508. The molecule has 0 aromatic carbocycles. The standard InChI is InChI=1S/C11H15N5O/c1-3-13-11-15-14-10(16(11)4-2)8-5-9(17)7-12-6-8/h5-7,17H,3-4H2,1-2H3,(H,13,15). The summed E-state index contributed by atoms with van der Waals surface area (Å²) in [5.74, 6) is 1.55. The van der Waals surface area contributed by atoms with Gasteiger partial charge in [0.2, 0.25) is 5.95 Å². The number of nitrogens with zero attached hydrogens (tertiary/aromatic N) is 4. The van der Waals surface area contributed by atoms with E-state index in [4.69, 9.17) is 0 Å². The lowest BCUT2D eigenvalue weighted by Crippen LogP contribution is -2.06. The Hall–Kier alpha value is -2.11. The molecule has 2 aromatic rings. The summed E-state index contributed by atoms with van der Waals surface area (Å²) in [4.78, 5) is 3.94. The lowest BCUT2D eigenvalue weighted by Gasteiger charge is -2.07. The molecular formula is C11H15N5O. The van der Waals surface area contributed by atoms with Gasteiger partial charge in [-0.3, -0.25) is 9.55 Å². The summed E-state index contributed by atoms with van der Waals surface area (Å²) in [6.45, 7) is 5.56. The first-order valence-corrected chi connectivity index (χ1v) is 5.57. The van der Waals surface area contributed by atoms with Crippen LogP contribution >= 0.6 is 0 Å². The third-order valence-corrected chi connectivity index (χ3v) is 2.38. The van der Waals surface area contributed by atoms with E-state index in [2.05, 4.69) is 20.5 Å². The highest BCUT2D eigenvalue weighted by Gasteiger charge is 2.12. The number of nitrogens with one attached hydrogen (secondary N) is 1. The zero-order valence-corrected chi connectivity index (χ0v) is 9.88. The van der Waals surface area contributed by atoms with Gasteiger partial charge in [0, 0.05) is 24.8 Å². The summed E-state index contributed by atoms with van der Waals surface area (Å²) in [5, 5.41) is 20.7. The normalized spacial score (nSPS) is 10.5. The monoisotopic (exact) mass is 233 g/mol. The molecule has 0 bridgehead atoms. The van der Waals surface area contributed by atoms with Gasteiger partial charge in [-0.25, -0.2) is 0 Å². The molecule has 0 aliphatic heterocycles. The minimum atomic E-state index is 0.123. The van der Waals surface area contributed by atoms with Crippen LogP contribution in [0.3, 0.4) is 0 Å². The van der Waals surface area contributed by atoms with Crippen LogP contribution in [-0.2, 0) is 6.54 Å². The Balaban J connectivity index is 2.45. The van der Waals surface area contributed by atoms with E-state index in [9.17, 15) is 5.11 Å². The summed E-state index contributed by atoms with van der Waals surface area (Å²) in [5.41, 5.74) is 0.753. The predicted octanol–water partition coefficient (Wildman–Crippen LogP) is 1.50. The molecule has 0 saturated heterocycles. The van der Waals surface area contributed by atoms with Gasteiger partial charge >= 0.3 is 0 Å². The molecule has 0 unspecified atom stereocenters. The van der Waals surface area contributed by atoms with Crippen molar-refractivity contribution in [2.24, 2.45) is 0 Å². The van der Waals surface area contributed by atoms with Gasteiger partial charge in [-0.1, -0.05) is 0 Å². The van der Waals surface area contributed by atoms with Gasteiger partial charge in [0.1, 0.15) is 5.75 Å². The predicted molar refractivity (Wildman–Crippen MR) is 64.8 cm³/mol. The SMILES string of the molecule is CCNc1nnc(-c2cncc(O)c2)n1CC. The van der Waals surface area contributed by atoms with Gasteiger partial charge in [0.15, 0.2) is 5.82 Å². The number of aromatic nitrogens is 4. The van der Waals surface area contributed by atoms with Crippen molar-refractivity contribution in [3.63, 3.8) is 0 Å². The van der Waals surface area contributed by atoms with Gasteiger partial charge in [-0.15, -0.1) is 10.2 Å². The summed E-state index contributed by atoms with van der Waals surface area (Å²) in [6, 6.07) is 1.62. The molecule has 0 spiro atoms. The van der Waals surface area contributed by atoms with E-state index in [1.165, 1.54) is 6.20 Å². The van der Waals surface area contributed by atoms with Crippen molar-refractivity contribution in [1.82, 2.24) is 19.7 Å². The van der Waals surface area contributed by atoms with Crippen LogP contribution < -0.4 is 5.32 Å². The fraction of sp³-hybridized carbons (Fsp3) is 0.364. The van der Waals surface area contributed by atoms with Crippen LogP contribution in [0.2, 0.25) is 0 Å². The van der Waals surface area contributed by atoms with Crippen LogP contribution in [0.15, 0.2) is 18.5 Å². The molecule has 2 aromatic heterocycles. The zero-order chi connectivity index (χ0) is 12.3. The van der Waals surface area contributed by atoms with Crippen molar-refractivity contribution in [2.75, 3.05) is 11.9 Å². The molecule has 0 aliphatic carbocycles. The number of pyridine rings is 1. The van der Waals surface area contributed by atoms with Crippen molar-refractivity contribution in [3.8, 4) is 17.1 Å². The third kappa shape index (κ3) is 2.20. The fourth-order valence-electron chi connectivity index (χ4n) is 1.66. The third-order valence-electron chi connectivity index (χ3n) is 2.38. The Labute approximate surface area is 99.3 Å². The first kappa shape index (κ1) is 11.4. The molecular weight excluding hydrogens is 218 g/mol. The second kappa shape index (κ2) is 4.82. The lowest BCUT2D eigenvalue weighted by molar-refractivity contribution is 0.473. The Kier molecular flexibility index (Phi) is 3.22. The first-order valence-electron chi connectivity index (χ1n) is 5.57. The lowest BCUT2D eigenvalue weighted by atomic mass is 10.2. The van der Waals surface area contributed by atoms with E-state index >= 15 is 0 Å². The van der Waals surface area contributed by atoms with Gasteiger partial charge in [-0.05, 0) is 19.9 Å². The number of hydrogen-bond acceptors (Lipinski definition) is 5. The van der Waals surface area contributed by atoms with Crippen LogP contribution in [0, 0.1) is 0 Å². The molecule has 0 saturated carbocycles. The Morgan fingerprint density at radius 1 is 1.29 bits per heavy atom. The molecule has 0 atom stereocenters. The van der Waals surface area contributed by atoms with Crippen molar-refractivity contribution in [3.05, 3.63) is 18.5 Å². The minimum Gasteiger partial charge on any atom is -0.506 e. The zero-order valence-electron chi connectivity index (χ0n) is 9.88. The maximum atomic E-state index is 9.41. The van der Waals surface area contributed by atoms with Gasteiger partial charge in [-0.2, -0.15) is 0 Å². The Morgan fingerprint density at radius 3 is 2.76 bits per heavy atom. The molecule has 0 fully saturated rings. The fourth-order valence-corrected chi connectivity index (χ4v) is 1.66. The van der Waals surface area contributed by atoms with E-state index in [1.54, 1.807) is 12.3 Å². The molecule has 0 aliphatic rings. The van der Waals surface area contributed by atoms with Crippen LogP contribution in [0.1, 0.15) is 13.8 Å². The molecule has 90 valence electrons. The van der Waals surface area contributed by atoms with Crippen molar-refractivity contribution < 1.29 is 5.11 Å². The highest BCUT2D eigenvalue weighted by molar-refractivity contribution is 5.57. The van der Waals surface area contributed by atoms with E-state index in [-0.39, 0.29) is 5.75 Å². The highest BCUT2D eigenvalue weighted by atomic mass is 16.3. The topological polar surface area (TPSA) is 75.9 Å². The largest absolute Gasteiger partial charge is 0.506 e. The number of anilines is 1. The quantitative estimate of drug-likeness (QED) is 0.836. The molecule has 6 heteroatoms. The molecule has 6 nitrogen and oxygen atoms in total. The van der Waals surface area contributed by atoms with Crippen LogP contribution in [-0.4, -0.2) is 31.4 Å². The molecule has 0 radical (unpaired) electrons. The molecule has 0 amide bonds. The van der Waals surface area contributed by atoms with E-state index in [1.807, 2.05) is 18.4 Å². The van der Waals surface area contributed by atoms with Crippen molar-refractivity contribution >= 4 is 5.95 Å². The second-order valence-corrected chi connectivity index (χ2v) is 3.55. The average Bonchev–Trinajstić information content (AvgIpc) is 2.72. The van der Waals surface area contributed by atoms with Crippen LogP contribution in [0.25, 0.3) is 11.4 Å². The summed E-state index contributed by atoms with van der Waals surface area (Å²) in [6.07, 6.45) is 3.05. The number of aromatic hydroxyl groups is 1. The van der Waals surface area contributed by atoms with Gasteiger partial charge < -0.3 is 10.4 Å². The Morgan fingerprint density at radius 2 is 2.12 bits per heavy atom. The summed E-state index contributed by atoms with van der Waals surface area (Å²) in [7, 11) is 0. The van der Waals surface area contributed by atoms with Crippen molar-refractivity contribution in [1.29, 1.82) is 0 Å².